The number of thiazole rings is 1. The third-order valence-corrected chi connectivity index (χ3v) is 3.46. The molecule has 1 N–H and O–H groups in total. The lowest BCUT2D eigenvalue weighted by Gasteiger charge is -2.00. The molecule has 5 nitrogen and oxygen atoms in total. The zero-order valence-corrected chi connectivity index (χ0v) is 10.7. The van der Waals surface area contributed by atoms with Gasteiger partial charge in [-0.3, -0.25) is 0 Å². The van der Waals surface area contributed by atoms with E-state index in [0.717, 1.165) is 0 Å². The highest BCUT2D eigenvalue weighted by molar-refractivity contribution is 7.16. The fourth-order valence-electron chi connectivity index (χ4n) is 1.54. The Morgan fingerprint density at radius 3 is 2.65 bits per heavy atom. The lowest BCUT2D eigenvalue weighted by molar-refractivity contribution is 0.0700. The van der Waals surface area contributed by atoms with Gasteiger partial charge in [0.05, 0.1) is 5.69 Å². The number of aromatic carboxylic acids is 1. The number of nitrogens with zero attached hydrogens (tertiary/aromatic N) is 3. The lowest BCUT2D eigenvalue weighted by atomic mass is 10.1. The molecule has 0 bridgehead atoms. The van der Waals surface area contributed by atoms with Crippen LogP contribution >= 0.6 is 11.3 Å². The number of carboxylic acid groups (broad SMARTS) is 1. The molecule has 0 unspecified atom stereocenters. The van der Waals surface area contributed by atoms with Crippen LogP contribution in [0.4, 0.5) is 0 Å². The Balaban J connectivity index is 2.55. The first-order valence-electron chi connectivity index (χ1n) is 5.22. The van der Waals surface area contributed by atoms with Gasteiger partial charge in [-0.25, -0.2) is 14.8 Å². The van der Waals surface area contributed by atoms with Gasteiger partial charge in [0.15, 0.2) is 10.8 Å². The summed E-state index contributed by atoms with van der Waals surface area (Å²) in [4.78, 5) is 20.0. The molecule has 2 aromatic rings. The Morgan fingerprint density at radius 1 is 1.53 bits per heavy atom. The van der Waals surface area contributed by atoms with Gasteiger partial charge < -0.3 is 9.67 Å². The highest BCUT2D eigenvalue weighted by atomic mass is 32.1. The topological polar surface area (TPSA) is 68.0 Å². The van der Waals surface area contributed by atoms with Gasteiger partial charge in [0.1, 0.15) is 4.88 Å². The fourth-order valence-corrected chi connectivity index (χ4v) is 2.64. The molecule has 0 aliphatic carbocycles. The standard InChI is InChI=1S/C11H13N3O2S/c1-6(2)7-8(11(15)16)17-10(13-7)9-12-4-5-14(9)3/h4-6H,1-3H3,(H,15,16). The van der Waals surface area contributed by atoms with Gasteiger partial charge in [0, 0.05) is 19.4 Å². The SMILES string of the molecule is CC(C)c1nc(-c2nccn2C)sc1C(=O)O. The second kappa shape index (κ2) is 4.29. The molecule has 0 fully saturated rings. The molecular formula is C11H13N3O2S. The zero-order valence-electron chi connectivity index (χ0n) is 9.84. The van der Waals surface area contributed by atoms with Crippen molar-refractivity contribution < 1.29 is 9.90 Å². The van der Waals surface area contributed by atoms with Gasteiger partial charge in [0.2, 0.25) is 0 Å². The van der Waals surface area contributed by atoms with Crippen LogP contribution < -0.4 is 0 Å². The van der Waals surface area contributed by atoms with Crippen LogP contribution in [-0.4, -0.2) is 25.6 Å². The van der Waals surface area contributed by atoms with Crippen LogP contribution in [0.2, 0.25) is 0 Å². The molecule has 0 radical (unpaired) electrons. The number of hydrogen-bond donors (Lipinski definition) is 1. The van der Waals surface area contributed by atoms with Crippen LogP contribution in [0.25, 0.3) is 10.8 Å². The van der Waals surface area contributed by atoms with E-state index in [1.54, 1.807) is 6.20 Å². The Bertz CT molecular complexity index is 557. The Labute approximate surface area is 103 Å². The van der Waals surface area contributed by atoms with Crippen LogP contribution in [0.5, 0.6) is 0 Å². The molecule has 0 spiro atoms. The Kier molecular flexibility index (Phi) is 2.97. The van der Waals surface area contributed by atoms with Crippen LogP contribution in [0.3, 0.4) is 0 Å². The highest BCUT2D eigenvalue weighted by Gasteiger charge is 2.21. The maximum absolute atomic E-state index is 11.1. The number of rotatable bonds is 3. The number of aryl methyl sites for hydroxylation is 1. The van der Waals surface area contributed by atoms with E-state index in [9.17, 15) is 4.79 Å². The van der Waals surface area contributed by atoms with E-state index in [4.69, 9.17) is 5.11 Å². The van der Waals surface area contributed by atoms with E-state index >= 15 is 0 Å². The predicted molar refractivity (Wildman–Crippen MR) is 65.4 cm³/mol. The minimum atomic E-state index is -0.924. The van der Waals surface area contributed by atoms with Crippen LogP contribution in [0.15, 0.2) is 12.4 Å². The number of imidazole rings is 1. The van der Waals surface area contributed by atoms with Gasteiger partial charge in [-0.05, 0) is 5.92 Å². The fraction of sp³-hybridized carbons (Fsp3) is 0.364. The van der Waals surface area contributed by atoms with Crippen LogP contribution in [0.1, 0.15) is 35.1 Å². The van der Waals surface area contributed by atoms with Gasteiger partial charge in [-0.2, -0.15) is 0 Å². The highest BCUT2D eigenvalue weighted by Crippen LogP contribution is 2.30. The normalized spacial score (nSPS) is 11.1. The van der Waals surface area contributed by atoms with Gasteiger partial charge in [-0.1, -0.05) is 13.8 Å². The number of carboxylic acids is 1. The third kappa shape index (κ3) is 2.08. The number of hydrogen-bond acceptors (Lipinski definition) is 4. The maximum atomic E-state index is 11.1. The van der Waals surface area contributed by atoms with Gasteiger partial charge in [0.25, 0.3) is 0 Å². The summed E-state index contributed by atoms with van der Waals surface area (Å²) in [5.74, 6) is -0.137. The molecule has 2 aromatic heterocycles. The molecule has 0 aliphatic heterocycles. The summed E-state index contributed by atoms with van der Waals surface area (Å²) in [6, 6.07) is 0. The van der Waals surface area contributed by atoms with E-state index < -0.39 is 5.97 Å². The predicted octanol–water partition coefficient (Wildman–Crippen LogP) is 2.37. The average Bonchev–Trinajstić information content (AvgIpc) is 2.82. The molecular weight excluding hydrogens is 238 g/mol. The Morgan fingerprint density at radius 2 is 2.24 bits per heavy atom. The monoisotopic (exact) mass is 251 g/mol. The van der Waals surface area contributed by atoms with E-state index in [-0.39, 0.29) is 5.92 Å². The zero-order chi connectivity index (χ0) is 12.6. The van der Waals surface area contributed by atoms with E-state index in [1.165, 1.54) is 11.3 Å². The first kappa shape index (κ1) is 11.8. The van der Waals surface area contributed by atoms with Crippen molar-refractivity contribution in [3.05, 3.63) is 23.0 Å². The molecule has 0 saturated heterocycles. The van der Waals surface area contributed by atoms with Gasteiger partial charge >= 0.3 is 5.97 Å². The summed E-state index contributed by atoms with van der Waals surface area (Å²) in [5, 5.41) is 9.79. The minimum absolute atomic E-state index is 0.0892. The number of aromatic nitrogens is 3. The largest absolute Gasteiger partial charge is 0.477 e. The van der Waals surface area contributed by atoms with Crippen LogP contribution in [-0.2, 0) is 7.05 Å². The minimum Gasteiger partial charge on any atom is -0.477 e. The van der Waals surface area contributed by atoms with E-state index in [0.29, 0.717) is 21.4 Å². The molecule has 2 rings (SSSR count). The van der Waals surface area contributed by atoms with Crippen molar-refractivity contribution in [3.63, 3.8) is 0 Å². The quantitative estimate of drug-likeness (QED) is 0.909. The molecule has 2 heterocycles. The first-order chi connectivity index (χ1) is 8.00. The van der Waals surface area contributed by atoms with E-state index in [2.05, 4.69) is 9.97 Å². The molecule has 17 heavy (non-hydrogen) atoms. The molecule has 90 valence electrons. The van der Waals surface area contributed by atoms with Crippen molar-refractivity contribution >= 4 is 17.3 Å². The molecule has 6 heteroatoms. The summed E-state index contributed by atoms with van der Waals surface area (Å²) >= 11 is 1.17. The lowest BCUT2D eigenvalue weighted by Crippen LogP contribution is -2.00. The van der Waals surface area contributed by atoms with E-state index in [1.807, 2.05) is 31.7 Å². The summed E-state index contributed by atoms with van der Waals surface area (Å²) < 4.78 is 1.83. The summed E-state index contributed by atoms with van der Waals surface area (Å²) in [7, 11) is 1.86. The second-order valence-electron chi connectivity index (χ2n) is 4.05. The number of carbonyl (C=O) groups is 1. The second-order valence-corrected chi connectivity index (χ2v) is 5.05. The molecule has 0 aliphatic rings. The van der Waals surface area contributed by atoms with Crippen molar-refractivity contribution in [1.29, 1.82) is 0 Å². The summed E-state index contributed by atoms with van der Waals surface area (Å²) in [6.07, 6.45) is 3.48. The van der Waals surface area contributed by atoms with Crippen molar-refractivity contribution in [2.75, 3.05) is 0 Å². The molecule has 0 aromatic carbocycles. The van der Waals surface area contributed by atoms with Crippen molar-refractivity contribution in [2.24, 2.45) is 7.05 Å². The molecule has 0 amide bonds. The van der Waals surface area contributed by atoms with Crippen LogP contribution in [0, 0.1) is 0 Å². The summed E-state index contributed by atoms with van der Waals surface area (Å²) in [6.45, 7) is 3.87. The van der Waals surface area contributed by atoms with Crippen molar-refractivity contribution in [1.82, 2.24) is 14.5 Å². The smallest absolute Gasteiger partial charge is 0.347 e. The van der Waals surface area contributed by atoms with Crippen molar-refractivity contribution in [2.45, 2.75) is 19.8 Å². The van der Waals surface area contributed by atoms with Crippen molar-refractivity contribution in [3.8, 4) is 10.8 Å². The third-order valence-electron chi connectivity index (χ3n) is 2.41. The maximum Gasteiger partial charge on any atom is 0.347 e. The molecule has 0 saturated carbocycles. The first-order valence-corrected chi connectivity index (χ1v) is 6.04. The Hall–Kier alpha value is -1.69. The molecule has 0 atom stereocenters. The van der Waals surface area contributed by atoms with Gasteiger partial charge in [-0.15, -0.1) is 11.3 Å². The average molecular weight is 251 g/mol. The summed E-state index contributed by atoms with van der Waals surface area (Å²) in [5.41, 5.74) is 0.625.